The summed E-state index contributed by atoms with van der Waals surface area (Å²) in [4.78, 5) is 21.9. The summed E-state index contributed by atoms with van der Waals surface area (Å²) in [7, 11) is 0. The second-order valence-corrected chi connectivity index (χ2v) is 5.20. The van der Waals surface area contributed by atoms with Crippen LogP contribution in [0.4, 0.5) is 5.82 Å². The van der Waals surface area contributed by atoms with E-state index in [0.717, 1.165) is 0 Å². The van der Waals surface area contributed by atoms with Crippen molar-refractivity contribution in [1.29, 1.82) is 0 Å². The average Bonchev–Trinajstić information content (AvgIpc) is 2.26. The fourth-order valence-corrected chi connectivity index (χ4v) is 2.22. The van der Waals surface area contributed by atoms with Crippen LogP contribution in [-0.4, -0.2) is 45.6 Å². The number of ether oxygens (including phenoxy) is 1. The number of hydrogen-bond donors (Lipinski definition) is 1. The first-order chi connectivity index (χ1) is 8.37. The number of anilines is 1. The molecule has 0 aromatic carbocycles. The van der Waals surface area contributed by atoms with Crippen LogP contribution < -0.4 is 5.73 Å². The monoisotopic (exact) mass is 250 g/mol. The minimum atomic E-state index is -0.339. The summed E-state index contributed by atoms with van der Waals surface area (Å²) in [5, 5.41) is 0. The number of carbonyl (C=O) groups excluding carboxylic acids is 1. The van der Waals surface area contributed by atoms with E-state index in [-0.39, 0.29) is 17.6 Å². The fraction of sp³-hybridized carbons (Fsp3) is 0.583. The van der Waals surface area contributed by atoms with E-state index < -0.39 is 0 Å². The Bertz CT molecular complexity index is 444. The summed E-state index contributed by atoms with van der Waals surface area (Å²) in [5.41, 5.74) is 5.43. The van der Waals surface area contributed by atoms with Crippen molar-refractivity contribution in [3.63, 3.8) is 0 Å². The van der Waals surface area contributed by atoms with Crippen molar-refractivity contribution in [3.8, 4) is 0 Å². The van der Waals surface area contributed by atoms with E-state index in [2.05, 4.69) is 9.97 Å². The van der Waals surface area contributed by atoms with Crippen molar-refractivity contribution in [2.45, 2.75) is 32.5 Å². The van der Waals surface area contributed by atoms with Gasteiger partial charge in [-0.25, -0.2) is 9.97 Å². The Labute approximate surface area is 106 Å². The highest BCUT2D eigenvalue weighted by Gasteiger charge is 2.34. The van der Waals surface area contributed by atoms with Crippen LogP contribution >= 0.6 is 0 Å². The van der Waals surface area contributed by atoms with Gasteiger partial charge in [0.1, 0.15) is 11.5 Å². The largest absolute Gasteiger partial charge is 0.382 e. The zero-order valence-electron chi connectivity index (χ0n) is 10.9. The van der Waals surface area contributed by atoms with E-state index in [1.54, 1.807) is 4.90 Å². The zero-order valence-corrected chi connectivity index (χ0v) is 10.9. The molecule has 1 aromatic rings. The Hall–Kier alpha value is -1.69. The third kappa shape index (κ3) is 2.76. The number of aromatic nitrogens is 2. The van der Waals surface area contributed by atoms with Crippen LogP contribution in [0.2, 0.25) is 0 Å². The lowest BCUT2D eigenvalue weighted by Gasteiger charge is -2.41. The summed E-state index contributed by atoms with van der Waals surface area (Å²) in [6.45, 7) is 7.00. The molecule has 0 aliphatic carbocycles. The maximum atomic E-state index is 12.3. The topological polar surface area (TPSA) is 81.3 Å². The Morgan fingerprint density at radius 3 is 2.78 bits per heavy atom. The summed E-state index contributed by atoms with van der Waals surface area (Å²) in [5.74, 6) is 0.174. The van der Waals surface area contributed by atoms with Crippen molar-refractivity contribution in [2.24, 2.45) is 0 Å². The lowest BCUT2D eigenvalue weighted by atomic mass is 10.1. The lowest BCUT2D eigenvalue weighted by molar-refractivity contribution is -0.118. The van der Waals surface area contributed by atoms with Gasteiger partial charge < -0.3 is 15.4 Å². The second-order valence-electron chi connectivity index (χ2n) is 5.20. The fourth-order valence-electron chi connectivity index (χ4n) is 2.22. The van der Waals surface area contributed by atoms with Gasteiger partial charge >= 0.3 is 0 Å². The molecule has 1 aliphatic heterocycles. The summed E-state index contributed by atoms with van der Waals surface area (Å²) >= 11 is 0. The van der Waals surface area contributed by atoms with Crippen LogP contribution in [0.5, 0.6) is 0 Å². The molecule has 2 heterocycles. The van der Waals surface area contributed by atoms with Gasteiger partial charge in [-0.2, -0.15) is 0 Å². The van der Waals surface area contributed by atoms with E-state index in [1.165, 1.54) is 12.4 Å². The van der Waals surface area contributed by atoms with Crippen molar-refractivity contribution in [1.82, 2.24) is 14.9 Å². The number of nitrogens with zero attached hydrogens (tertiary/aromatic N) is 3. The lowest BCUT2D eigenvalue weighted by Crippen LogP contribution is -2.53. The third-order valence-electron chi connectivity index (χ3n) is 2.75. The Balaban J connectivity index is 2.16. The molecule has 1 saturated heterocycles. The standard InChI is InChI=1S/C12H18N4O2/c1-8-6-16(7-12(2,3)18-8)11(17)9-4-15-10(13)5-14-9/h4-5,8H,6-7H2,1-3H3,(H2,13,15). The smallest absolute Gasteiger partial charge is 0.274 e. The van der Waals surface area contributed by atoms with Gasteiger partial charge in [-0.05, 0) is 20.8 Å². The quantitative estimate of drug-likeness (QED) is 0.793. The van der Waals surface area contributed by atoms with Crippen LogP contribution in [0.3, 0.4) is 0 Å². The van der Waals surface area contributed by atoms with Crippen molar-refractivity contribution in [3.05, 3.63) is 18.1 Å². The maximum absolute atomic E-state index is 12.3. The van der Waals surface area contributed by atoms with Gasteiger partial charge in [-0.15, -0.1) is 0 Å². The maximum Gasteiger partial charge on any atom is 0.274 e. The molecule has 98 valence electrons. The number of amides is 1. The molecule has 1 atom stereocenters. The SMILES string of the molecule is CC1CN(C(=O)c2cnc(N)cn2)CC(C)(C)O1. The van der Waals surface area contributed by atoms with Crippen molar-refractivity contribution >= 4 is 11.7 Å². The third-order valence-corrected chi connectivity index (χ3v) is 2.75. The number of hydrogen-bond acceptors (Lipinski definition) is 5. The van der Waals surface area contributed by atoms with Crippen molar-refractivity contribution < 1.29 is 9.53 Å². The van der Waals surface area contributed by atoms with Gasteiger partial charge in [0, 0.05) is 13.1 Å². The average molecular weight is 250 g/mol. The molecule has 6 nitrogen and oxygen atoms in total. The molecule has 0 spiro atoms. The molecule has 1 aromatic heterocycles. The Morgan fingerprint density at radius 2 is 2.22 bits per heavy atom. The number of nitrogen functional groups attached to an aromatic ring is 1. The molecule has 1 fully saturated rings. The highest BCUT2D eigenvalue weighted by molar-refractivity contribution is 5.92. The summed E-state index contributed by atoms with van der Waals surface area (Å²) < 4.78 is 5.76. The van der Waals surface area contributed by atoms with Gasteiger partial charge in [0.2, 0.25) is 0 Å². The van der Waals surface area contributed by atoms with Gasteiger partial charge in [0.15, 0.2) is 0 Å². The van der Waals surface area contributed by atoms with Crippen LogP contribution in [-0.2, 0) is 4.74 Å². The summed E-state index contributed by atoms with van der Waals surface area (Å²) in [6.07, 6.45) is 2.81. The van der Waals surface area contributed by atoms with Crippen LogP contribution in [0.1, 0.15) is 31.3 Å². The first kappa shape index (κ1) is 12.8. The molecule has 2 rings (SSSR count). The van der Waals surface area contributed by atoms with Gasteiger partial charge in [-0.1, -0.05) is 0 Å². The molecular formula is C12H18N4O2. The normalized spacial score (nSPS) is 22.8. The molecule has 1 aliphatic rings. The highest BCUT2D eigenvalue weighted by atomic mass is 16.5. The number of rotatable bonds is 1. The molecular weight excluding hydrogens is 232 g/mol. The second kappa shape index (κ2) is 4.53. The summed E-state index contributed by atoms with van der Waals surface area (Å²) in [6, 6.07) is 0. The van der Waals surface area contributed by atoms with E-state index in [1.807, 2.05) is 20.8 Å². The molecule has 2 N–H and O–H groups in total. The molecule has 0 bridgehead atoms. The van der Waals surface area contributed by atoms with E-state index in [9.17, 15) is 4.79 Å². The van der Waals surface area contributed by atoms with Crippen LogP contribution in [0.15, 0.2) is 12.4 Å². The Kier molecular flexibility index (Phi) is 3.21. The van der Waals surface area contributed by atoms with Gasteiger partial charge in [-0.3, -0.25) is 4.79 Å². The van der Waals surface area contributed by atoms with Crippen molar-refractivity contribution in [2.75, 3.05) is 18.8 Å². The van der Waals surface area contributed by atoms with Crippen LogP contribution in [0, 0.1) is 0 Å². The van der Waals surface area contributed by atoms with Gasteiger partial charge in [0.05, 0.1) is 24.1 Å². The predicted molar refractivity (Wildman–Crippen MR) is 67.0 cm³/mol. The molecule has 0 saturated carbocycles. The first-order valence-electron chi connectivity index (χ1n) is 5.92. The molecule has 1 amide bonds. The predicted octanol–water partition coefficient (Wildman–Crippen LogP) is 0.698. The number of nitrogens with two attached hydrogens (primary N) is 1. The Morgan fingerprint density at radius 1 is 1.50 bits per heavy atom. The highest BCUT2D eigenvalue weighted by Crippen LogP contribution is 2.21. The molecule has 0 radical (unpaired) electrons. The van der Waals surface area contributed by atoms with E-state index >= 15 is 0 Å². The number of morpholine rings is 1. The van der Waals surface area contributed by atoms with E-state index in [4.69, 9.17) is 10.5 Å². The molecule has 6 heteroatoms. The first-order valence-corrected chi connectivity index (χ1v) is 5.92. The minimum absolute atomic E-state index is 0.0134. The molecule has 1 unspecified atom stereocenters. The van der Waals surface area contributed by atoms with Gasteiger partial charge in [0.25, 0.3) is 5.91 Å². The minimum Gasteiger partial charge on any atom is -0.382 e. The van der Waals surface area contributed by atoms with Crippen LogP contribution in [0.25, 0.3) is 0 Å². The number of carbonyl (C=O) groups is 1. The van der Waals surface area contributed by atoms with E-state index in [0.29, 0.717) is 24.6 Å². The molecule has 18 heavy (non-hydrogen) atoms. The zero-order chi connectivity index (χ0) is 13.3.